The Bertz CT molecular complexity index is 914. The molecule has 0 aromatic heterocycles. The highest BCUT2D eigenvalue weighted by Gasteiger charge is 2.33. The van der Waals surface area contributed by atoms with Gasteiger partial charge in [-0.05, 0) is 50.3 Å². The zero-order valence-electron chi connectivity index (χ0n) is 14.9. The normalized spacial score (nSPS) is 15.5. The lowest BCUT2D eigenvalue weighted by molar-refractivity contribution is -0.113. The third-order valence-corrected chi connectivity index (χ3v) is 5.04. The molecule has 0 atom stereocenters. The van der Waals surface area contributed by atoms with Gasteiger partial charge >= 0.3 is 0 Å². The van der Waals surface area contributed by atoms with Gasteiger partial charge < -0.3 is 9.47 Å². The Hall–Kier alpha value is -2.38. The number of anilines is 1. The number of hydrogen-bond donors (Lipinski definition) is 0. The number of rotatable bonds is 6. The van der Waals surface area contributed by atoms with E-state index in [1.165, 1.54) is 28.8 Å². The number of amides is 1. The monoisotopic (exact) mass is 403 g/mol. The van der Waals surface area contributed by atoms with Crippen molar-refractivity contribution in [3.05, 3.63) is 58.8 Å². The van der Waals surface area contributed by atoms with Gasteiger partial charge in [-0.2, -0.15) is 0 Å². The molecule has 0 spiro atoms. The van der Waals surface area contributed by atoms with Crippen LogP contribution in [0.1, 0.15) is 19.4 Å². The van der Waals surface area contributed by atoms with Crippen LogP contribution < -0.4 is 14.4 Å². The lowest BCUT2D eigenvalue weighted by Crippen LogP contribution is -2.27. The van der Waals surface area contributed by atoms with Gasteiger partial charge in [0.05, 0.1) is 23.8 Å². The second-order valence-electron chi connectivity index (χ2n) is 5.56. The van der Waals surface area contributed by atoms with E-state index in [0.29, 0.717) is 39.6 Å². The molecular weight excluding hydrogens is 385 g/mol. The van der Waals surface area contributed by atoms with E-state index in [4.69, 9.17) is 21.7 Å². The number of nitrogens with zero attached hydrogens (tertiary/aromatic N) is 1. The Labute approximate surface area is 167 Å². The van der Waals surface area contributed by atoms with Crippen LogP contribution in [-0.2, 0) is 4.79 Å². The second-order valence-corrected chi connectivity index (χ2v) is 7.24. The SMILES string of the molecule is CCOc1ccc(/C=C2/SC(=S)N(c3cccc(F)c3)C2=O)c(OCC)c1. The maximum atomic E-state index is 13.5. The molecule has 1 amide bonds. The summed E-state index contributed by atoms with van der Waals surface area (Å²) in [6.07, 6.45) is 1.74. The molecule has 0 bridgehead atoms. The van der Waals surface area contributed by atoms with Crippen LogP contribution in [0, 0.1) is 5.82 Å². The Morgan fingerprint density at radius 1 is 1.15 bits per heavy atom. The van der Waals surface area contributed by atoms with Crippen LogP contribution in [0.5, 0.6) is 11.5 Å². The van der Waals surface area contributed by atoms with E-state index in [1.54, 1.807) is 24.3 Å². The third kappa shape index (κ3) is 4.31. The summed E-state index contributed by atoms with van der Waals surface area (Å²) < 4.78 is 25.1. The van der Waals surface area contributed by atoms with Crippen molar-refractivity contribution in [2.45, 2.75) is 13.8 Å². The van der Waals surface area contributed by atoms with Crippen LogP contribution in [0.3, 0.4) is 0 Å². The summed E-state index contributed by atoms with van der Waals surface area (Å²) in [5, 5.41) is 0. The fourth-order valence-electron chi connectivity index (χ4n) is 2.62. The van der Waals surface area contributed by atoms with Crippen molar-refractivity contribution in [2.75, 3.05) is 18.1 Å². The highest BCUT2D eigenvalue weighted by atomic mass is 32.2. The first-order chi connectivity index (χ1) is 13.0. The number of carbonyl (C=O) groups is 1. The molecule has 4 nitrogen and oxygen atoms in total. The van der Waals surface area contributed by atoms with Gasteiger partial charge in [0.15, 0.2) is 4.32 Å². The van der Waals surface area contributed by atoms with Gasteiger partial charge in [0, 0.05) is 11.6 Å². The molecule has 1 aliphatic rings. The summed E-state index contributed by atoms with van der Waals surface area (Å²) in [6, 6.07) is 11.3. The smallest absolute Gasteiger partial charge is 0.270 e. The molecule has 2 aromatic carbocycles. The summed E-state index contributed by atoms with van der Waals surface area (Å²) >= 11 is 6.51. The summed E-state index contributed by atoms with van der Waals surface area (Å²) in [5.74, 6) is 0.618. The average Bonchev–Trinajstić information content (AvgIpc) is 2.91. The van der Waals surface area contributed by atoms with Gasteiger partial charge in [0.1, 0.15) is 17.3 Å². The van der Waals surface area contributed by atoms with Gasteiger partial charge in [0.25, 0.3) is 5.91 Å². The first-order valence-electron chi connectivity index (χ1n) is 8.46. The number of benzene rings is 2. The van der Waals surface area contributed by atoms with Gasteiger partial charge in [-0.1, -0.05) is 30.0 Å². The van der Waals surface area contributed by atoms with E-state index in [2.05, 4.69) is 0 Å². The molecule has 1 aliphatic heterocycles. The molecular formula is C20H18FNO3S2. The molecule has 0 saturated carbocycles. The Balaban J connectivity index is 1.93. The Morgan fingerprint density at radius 3 is 2.63 bits per heavy atom. The fourth-order valence-corrected chi connectivity index (χ4v) is 3.91. The van der Waals surface area contributed by atoms with Crippen molar-refractivity contribution in [1.82, 2.24) is 0 Å². The molecule has 0 radical (unpaired) electrons. The average molecular weight is 404 g/mol. The molecule has 1 saturated heterocycles. The Morgan fingerprint density at radius 2 is 1.93 bits per heavy atom. The van der Waals surface area contributed by atoms with Crippen molar-refractivity contribution in [3.8, 4) is 11.5 Å². The number of thiocarbonyl (C=S) groups is 1. The van der Waals surface area contributed by atoms with Crippen LogP contribution in [-0.4, -0.2) is 23.4 Å². The highest BCUT2D eigenvalue weighted by Crippen LogP contribution is 2.37. The van der Waals surface area contributed by atoms with E-state index in [-0.39, 0.29) is 5.91 Å². The van der Waals surface area contributed by atoms with E-state index in [9.17, 15) is 9.18 Å². The molecule has 2 aromatic rings. The molecule has 3 rings (SSSR count). The minimum atomic E-state index is -0.421. The zero-order chi connectivity index (χ0) is 19.4. The maximum absolute atomic E-state index is 13.5. The van der Waals surface area contributed by atoms with Crippen molar-refractivity contribution in [3.63, 3.8) is 0 Å². The topological polar surface area (TPSA) is 38.8 Å². The lowest BCUT2D eigenvalue weighted by Gasteiger charge is -2.14. The number of carbonyl (C=O) groups excluding carboxylic acids is 1. The lowest BCUT2D eigenvalue weighted by atomic mass is 10.1. The standard InChI is InChI=1S/C20H18FNO3S2/c1-3-24-16-9-8-13(17(12-16)25-4-2)10-18-19(23)22(20(26)27-18)15-7-5-6-14(21)11-15/h5-12H,3-4H2,1-2H3/b18-10+. The third-order valence-electron chi connectivity index (χ3n) is 3.74. The summed E-state index contributed by atoms with van der Waals surface area (Å²) in [6.45, 7) is 4.84. The minimum Gasteiger partial charge on any atom is -0.494 e. The van der Waals surface area contributed by atoms with Gasteiger partial charge in [0.2, 0.25) is 0 Å². The number of thioether (sulfide) groups is 1. The van der Waals surface area contributed by atoms with Crippen molar-refractivity contribution in [2.24, 2.45) is 0 Å². The van der Waals surface area contributed by atoms with Crippen molar-refractivity contribution < 1.29 is 18.7 Å². The van der Waals surface area contributed by atoms with Crippen LogP contribution in [0.25, 0.3) is 6.08 Å². The van der Waals surface area contributed by atoms with E-state index in [1.807, 2.05) is 26.0 Å². The summed E-state index contributed by atoms with van der Waals surface area (Å²) in [7, 11) is 0. The van der Waals surface area contributed by atoms with Crippen LogP contribution in [0.4, 0.5) is 10.1 Å². The van der Waals surface area contributed by atoms with E-state index < -0.39 is 5.82 Å². The van der Waals surface area contributed by atoms with E-state index >= 15 is 0 Å². The molecule has 140 valence electrons. The minimum absolute atomic E-state index is 0.285. The molecule has 0 aliphatic carbocycles. The van der Waals surface area contributed by atoms with Crippen LogP contribution in [0.2, 0.25) is 0 Å². The predicted molar refractivity (Wildman–Crippen MR) is 111 cm³/mol. The molecule has 1 fully saturated rings. The van der Waals surface area contributed by atoms with Crippen molar-refractivity contribution >= 4 is 46.0 Å². The molecule has 1 heterocycles. The highest BCUT2D eigenvalue weighted by molar-refractivity contribution is 8.27. The maximum Gasteiger partial charge on any atom is 0.270 e. The van der Waals surface area contributed by atoms with Gasteiger partial charge in [-0.15, -0.1) is 0 Å². The molecule has 7 heteroatoms. The fraction of sp³-hybridized carbons (Fsp3) is 0.200. The first-order valence-corrected chi connectivity index (χ1v) is 9.69. The van der Waals surface area contributed by atoms with Gasteiger partial charge in [-0.3, -0.25) is 9.69 Å². The molecule has 0 N–H and O–H groups in total. The molecule has 27 heavy (non-hydrogen) atoms. The zero-order valence-corrected chi connectivity index (χ0v) is 16.5. The summed E-state index contributed by atoms with van der Waals surface area (Å²) in [5.41, 5.74) is 1.16. The van der Waals surface area contributed by atoms with Crippen LogP contribution >= 0.6 is 24.0 Å². The van der Waals surface area contributed by atoms with E-state index in [0.717, 1.165) is 5.56 Å². The second kappa shape index (κ2) is 8.54. The Kier molecular flexibility index (Phi) is 6.13. The van der Waals surface area contributed by atoms with Crippen LogP contribution in [0.15, 0.2) is 47.4 Å². The number of halogens is 1. The predicted octanol–water partition coefficient (Wildman–Crippen LogP) is 5.03. The number of ether oxygens (including phenoxy) is 2. The number of hydrogen-bond acceptors (Lipinski definition) is 5. The largest absolute Gasteiger partial charge is 0.494 e. The van der Waals surface area contributed by atoms with Crippen molar-refractivity contribution in [1.29, 1.82) is 0 Å². The van der Waals surface area contributed by atoms with Gasteiger partial charge in [-0.25, -0.2) is 4.39 Å². The summed E-state index contributed by atoms with van der Waals surface area (Å²) in [4.78, 5) is 14.6. The first kappa shape index (κ1) is 19.4. The quantitative estimate of drug-likeness (QED) is 0.500. The molecule has 0 unspecified atom stereocenters.